The third-order valence-electron chi connectivity index (χ3n) is 4.79. The summed E-state index contributed by atoms with van der Waals surface area (Å²) in [6.07, 6.45) is 0. The summed E-state index contributed by atoms with van der Waals surface area (Å²) in [4.78, 5) is 30.8. The molecule has 0 aliphatic rings. The molecule has 4 aromatic rings. The van der Waals surface area contributed by atoms with Crippen LogP contribution in [0, 0.1) is 11.3 Å². The van der Waals surface area contributed by atoms with Crippen LogP contribution in [0.4, 0.5) is 5.69 Å². The first-order valence-electron chi connectivity index (χ1n) is 10.2. The predicted octanol–water partition coefficient (Wildman–Crippen LogP) is 5.31. The molecule has 0 unspecified atom stereocenters. The number of fused-ring (bicyclic) bond motifs is 1. The minimum atomic E-state index is -0.604. The summed E-state index contributed by atoms with van der Waals surface area (Å²) < 4.78 is 5.34. The monoisotopic (exact) mass is 453 g/mol. The van der Waals surface area contributed by atoms with Gasteiger partial charge in [-0.2, -0.15) is 5.26 Å². The van der Waals surface area contributed by atoms with Gasteiger partial charge in [-0.05, 0) is 24.3 Å². The van der Waals surface area contributed by atoms with E-state index in [1.165, 1.54) is 11.8 Å². The topological polar surface area (TPSA) is 92.1 Å². The van der Waals surface area contributed by atoms with Crippen molar-refractivity contribution in [2.45, 2.75) is 4.90 Å². The van der Waals surface area contributed by atoms with Crippen LogP contribution >= 0.6 is 11.8 Å². The second-order valence-electron chi connectivity index (χ2n) is 7.01. The highest BCUT2D eigenvalue weighted by atomic mass is 32.2. The first-order chi connectivity index (χ1) is 16.2. The van der Waals surface area contributed by atoms with Gasteiger partial charge in [0.25, 0.3) is 5.91 Å². The Morgan fingerprint density at radius 3 is 2.52 bits per heavy atom. The molecule has 1 amide bonds. The molecule has 0 saturated heterocycles. The highest BCUT2D eigenvalue weighted by Crippen LogP contribution is 2.27. The van der Waals surface area contributed by atoms with Crippen LogP contribution in [0.25, 0.3) is 22.2 Å². The van der Waals surface area contributed by atoms with Crippen LogP contribution < -0.4 is 5.32 Å². The Kier molecular flexibility index (Phi) is 6.98. The number of benzene rings is 3. The van der Waals surface area contributed by atoms with Gasteiger partial charge < -0.3 is 10.1 Å². The van der Waals surface area contributed by atoms with Crippen LogP contribution in [0.1, 0.15) is 10.4 Å². The maximum absolute atomic E-state index is 12.9. The van der Waals surface area contributed by atoms with Gasteiger partial charge in [0.05, 0.1) is 34.3 Å². The highest BCUT2D eigenvalue weighted by molar-refractivity contribution is 7.99. The molecule has 0 saturated carbocycles. The lowest BCUT2D eigenvalue weighted by Crippen LogP contribution is -2.21. The van der Waals surface area contributed by atoms with E-state index >= 15 is 0 Å². The van der Waals surface area contributed by atoms with Crippen molar-refractivity contribution in [1.29, 1.82) is 5.26 Å². The Morgan fingerprint density at radius 2 is 1.70 bits per heavy atom. The lowest BCUT2D eigenvalue weighted by molar-refractivity contribution is -0.119. The van der Waals surface area contributed by atoms with E-state index in [1.807, 2.05) is 60.7 Å². The van der Waals surface area contributed by atoms with E-state index in [0.717, 1.165) is 10.5 Å². The number of pyridine rings is 1. The third-order valence-corrected chi connectivity index (χ3v) is 5.73. The molecule has 0 radical (unpaired) electrons. The second-order valence-corrected chi connectivity index (χ2v) is 8.02. The quantitative estimate of drug-likeness (QED) is 0.301. The number of ether oxygens (including phenoxy) is 1. The van der Waals surface area contributed by atoms with Crippen molar-refractivity contribution < 1.29 is 14.3 Å². The van der Waals surface area contributed by atoms with E-state index in [2.05, 4.69) is 16.4 Å². The first kappa shape index (κ1) is 22.1. The van der Waals surface area contributed by atoms with Crippen LogP contribution in [-0.2, 0) is 9.53 Å². The lowest BCUT2D eigenvalue weighted by Gasteiger charge is -2.12. The Labute approximate surface area is 195 Å². The molecule has 33 heavy (non-hydrogen) atoms. The molecule has 0 bridgehead atoms. The smallest absolute Gasteiger partial charge is 0.339 e. The van der Waals surface area contributed by atoms with Crippen LogP contribution in [0.15, 0.2) is 89.8 Å². The number of hydrogen-bond donors (Lipinski definition) is 1. The number of nitrogens with zero attached hydrogens (tertiary/aromatic N) is 2. The molecule has 1 aromatic heterocycles. The molecule has 0 aliphatic heterocycles. The van der Waals surface area contributed by atoms with Crippen molar-refractivity contribution in [3.63, 3.8) is 0 Å². The number of carbonyl (C=O) groups is 2. The Morgan fingerprint density at radius 1 is 0.970 bits per heavy atom. The maximum atomic E-state index is 12.9. The van der Waals surface area contributed by atoms with Gasteiger partial charge in [-0.15, -0.1) is 11.8 Å². The molecule has 1 N–H and O–H groups in total. The SMILES string of the molecule is N#CCSc1ccccc1NC(=O)COC(=O)c1cc(-c2ccccc2)nc2ccccc12. The molecule has 7 heteroatoms. The van der Waals surface area contributed by atoms with Crippen molar-refractivity contribution in [2.75, 3.05) is 17.7 Å². The lowest BCUT2D eigenvalue weighted by atomic mass is 10.0. The van der Waals surface area contributed by atoms with Crippen molar-refractivity contribution in [3.05, 3.63) is 90.5 Å². The largest absolute Gasteiger partial charge is 0.452 e. The fourth-order valence-corrected chi connectivity index (χ4v) is 3.97. The van der Waals surface area contributed by atoms with E-state index in [1.54, 1.807) is 24.3 Å². The molecule has 0 aliphatic carbocycles. The average Bonchev–Trinajstić information content (AvgIpc) is 2.86. The molecule has 162 valence electrons. The minimum absolute atomic E-state index is 0.265. The zero-order valence-corrected chi connectivity index (χ0v) is 18.3. The molecule has 0 fully saturated rings. The van der Waals surface area contributed by atoms with E-state index in [0.29, 0.717) is 27.8 Å². The van der Waals surface area contributed by atoms with Gasteiger partial charge in [0, 0.05) is 15.8 Å². The van der Waals surface area contributed by atoms with E-state index < -0.39 is 18.5 Å². The van der Waals surface area contributed by atoms with Crippen LogP contribution in [-0.4, -0.2) is 29.2 Å². The van der Waals surface area contributed by atoms with Gasteiger partial charge in [-0.1, -0.05) is 60.7 Å². The van der Waals surface area contributed by atoms with E-state index in [9.17, 15) is 9.59 Å². The van der Waals surface area contributed by atoms with Crippen molar-refractivity contribution in [3.8, 4) is 17.3 Å². The summed E-state index contributed by atoms with van der Waals surface area (Å²) in [5.74, 6) is -0.802. The normalized spacial score (nSPS) is 10.4. The van der Waals surface area contributed by atoms with Crippen LogP contribution in [0.5, 0.6) is 0 Å². The number of esters is 1. The Hall–Kier alpha value is -4.15. The molecule has 0 spiro atoms. The number of hydrogen-bond acceptors (Lipinski definition) is 6. The number of aromatic nitrogens is 1. The minimum Gasteiger partial charge on any atom is -0.452 e. The number of amides is 1. The fraction of sp³-hybridized carbons (Fsp3) is 0.0769. The van der Waals surface area contributed by atoms with Gasteiger partial charge in [0.1, 0.15) is 0 Å². The Bertz CT molecular complexity index is 1350. The molecular weight excluding hydrogens is 434 g/mol. The zero-order valence-electron chi connectivity index (χ0n) is 17.5. The zero-order chi connectivity index (χ0) is 23.0. The van der Waals surface area contributed by atoms with Crippen LogP contribution in [0.2, 0.25) is 0 Å². The van der Waals surface area contributed by atoms with Gasteiger partial charge in [0.15, 0.2) is 6.61 Å². The highest BCUT2D eigenvalue weighted by Gasteiger charge is 2.17. The number of nitriles is 1. The number of anilines is 1. The molecular formula is C26H19N3O3S. The summed E-state index contributed by atoms with van der Waals surface area (Å²) in [5.41, 5.74) is 3.10. The predicted molar refractivity (Wildman–Crippen MR) is 129 cm³/mol. The second kappa shape index (κ2) is 10.4. The van der Waals surface area contributed by atoms with Crippen molar-refractivity contribution >= 4 is 40.2 Å². The fourth-order valence-electron chi connectivity index (χ4n) is 3.30. The summed E-state index contributed by atoms with van der Waals surface area (Å²) in [6.45, 7) is -0.437. The summed E-state index contributed by atoms with van der Waals surface area (Å²) in [7, 11) is 0. The van der Waals surface area contributed by atoms with Gasteiger partial charge >= 0.3 is 5.97 Å². The number of para-hydroxylation sites is 2. The molecule has 3 aromatic carbocycles. The Balaban J connectivity index is 1.52. The number of carbonyl (C=O) groups excluding carboxylic acids is 2. The number of nitrogens with one attached hydrogen (secondary N) is 1. The standard InChI is InChI=1S/C26H19N3O3S/c27-14-15-33-24-13-7-6-12-22(24)29-25(30)17-32-26(31)20-16-23(18-8-2-1-3-9-18)28-21-11-5-4-10-19(20)21/h1-13,16H,15,17H2,(H,29,30). The van der Waals surface area contributed by atoms with Gasteiger partial charge in [-0.3, -0.25) is 4.79 Å². The molecule has 1 heterocycles. The van der Waals surface area contributed by atoms with Crippen LogP contribution in [0.3, 0.4) is 0 Å². The summed E-state index contributed by atoms with van der Waals surface area (Å²) in [6, 6.07) is 27.8. The van der Waals surface area contributed by atoms with Crippen molar-refractivity contribution in [1.82, 2.24) is 4.98 Å². The van der Waals surface area contributed by atoms with Crippen molar-refractivity contribution in [2.24, 2.45) is 0 Å². The number of thioether (sulfide) groups is 1. The maximum Gasteiger partial charge on any atom is 0.339 e. The third kappa shape index (κ3) is 5.37. The number of rotatable bonds is 7. The average molecular weight is 454 g/mol. The van der Waals surface area contributed by atoms with Gasteiger partial charge in [-0.25, -0.2) is 9.78 Å². The van der Waals surface area contributed by atoms with E-state index in [4.69, 9.17) is 10.00 Å². The summed E-state index contributed by atoms with van der Waals surface area (Å²) in [5, 5.41) is 12.2. The van der Waals surface area contributed by atoms with Gasteiger partial charge in [0.2, 0.25) is 0 Å². The van der Waals surface area contributed by atoms with E-state index in [-0.39, 0.29) is 5.75 Å². The summed E-state index contributed by atoms with van der Waals surface area (Å²) >= 11 is 1.32. The molecule has 6 nitrogen and oxygen atoms in total. The first-order valence-corrected chi connectivity index (χ1v) is 11.2. The molecule has 0 atom stereocenters. The molecule has 4 rings (SSSR count).